The number of para-hydroxylation sites is 1. The minimum Gasteiger partial charge on any atom is -0.348 e. The highest BCUT2D eigenvalue weighted by molar-refractivity contribution is 8.00. The molecule has 1 aromatic heterocycles. The number of nitrogens with zero attached hydrogens (tertiary/aromatic N) is 5. The second kappa shape index (κ2) is 8.22. The van der Waals surface area contributed by atoms with Gasteiger partial charge < -0.3 is 4.90 Å². The SMILES string of the molecule is CC(Sc1nnc(-c2ccc([N+](=O)[O-])cc2)n1-c1ccccc1)C(=O)N(C)C. The number of nitro benzene ring substituents is 1. The zero-order chi connectivity index (χ0) is 20.3. The van der Waals surface area contributed by atoms with Crippen molar-refractivity contribution in [3.8, 4) is 17.1 Å². The van der Waals surface area contributed by atoms with Crippen molar-refractivity contribution < 1.29 is 9.72 Å². The zero-order valence-electron chi connectivity index (χ0n) is 15.6. The summed E-state index contributed by atoms with van der Waals surface area (Å²) in [6.07, 6.45) is 0. The van der Waals surface area contributed by atoms with Gasteiger partial charge in [0.25, 0.3) is 5.69 Å². The quantitative estimate of drug-likeness (QED) is 0.359. The first-order valence-electron chi connectivity index (χ1n) is 8.52. The molecule has 0 aliphatic carbocycles. The van der Waals surface area contributed by atoms with E-state index in [-0.39, 0.29) is 16.8 Å². The second-order valence-electron chi connectivity index (χ2n) is 6.27. The molecule has 0 spiro atoms. The molecule has 1 amide bonds. The molecule has 1 atom stereocenters. The van der Waals surface area contributed by atoms with E-state index in [4.69, 9.17) is 0 Å². The van der Waals surface area contributed by atoms with Gasteiger partial charge in [-0.15, -0.1) is 10.2 Å². The summed E-state index contributed by atoms with van der Waals surface area (Å²) >= 11 is 1.31. The van der Waals surface area contributed by atoms with Crippen LogP contribution in [0.1, 0.15) is 6.92 Å². The largest absolute Gasteiger partial charge is 0.348 e. The van der Waals surface area contributed by atoms with Crippen molar-refractivity contribution in [3.05, 3.63) is 64.7 Å². The Balaban J connectivity index is 2.05. The fourth-order valence-corrected chi connectivity index (χ4v) is 3.66. The molecule has 9 heteroatoms. The predicted molar refractivity (Wildman–Crippen MR) is 107 cm³/mol. The fraction of sp³-hybridized carbons (Fsp3) is 0.211. The smallest absolute Gasteiger partial charge is 0.269 e. The van der Waals surface area contributed by atoms with Crippen LogP contribution in [0.5, 0.6) is 0 Å². The normalized spacial score (nSPS) is 11.8. The highest BCUT2D eigenvalue weighted by atomic mass is 32.2. The number of non-ortho nitro benzene ring substituents is 1. The summed E-state index contributed by atoms with van der Waals surface area (Å²) in [6.45, 7) is 1.82. The lowest BCUT2D eigenvalue weighted by Gasteiger charge is -2.16. The highest BCUT2D eigenvalue weighted by Gasteiger charge is 2.23. The van der Waals surface area contributed by atoms with Gasteiger partial charge in [-0.2, -0.15) is 0 Å². The van der Waals surface area contributed by atoms with Crippen LogP contribution in [0, 0.1) is 10.1 Å². The van der Waals surface area contributed by atoms with E-state index in [1.807, 2.05) is 41.8 Å². The Kier molecular flexibility index (Phi) is 5.74. The molecule has 0 aliphatic rings. The van der Waals surface area contributed by atoms with Crippen molar-refractivity contribution in [3.63, 3.8) is 0 Å². The number of carbonyl (C=O) groups is 1. The fourth-order valence-electron chi connectivity index (χ4n) is 2.65. The van der Waals surface area contributed by atoms with Crippen LogP contribution >= 0.6 is 11.8 Å². The Morgan fingerprint density at radius 1 is 1.11 bits per heavy atom. The summed E-state index contributed by atoms with van der Waals surface area (Å²) in [5.41, 5.74) is 1.54. The third-order valence-corrected chi connectivity index (χ3v) is 5.09. The Morgan fingerprint density at radius 3 is 2.32 bits per heavy atom. The lowest BCUT2D eigenvalue weighted by Crippen LogP contribution is -2.29. The van der Waals surface area contributed by atoms with Gasteiger partial charge in [-0.05, 0) is 31.2 Å². The molecule has 3 aromatic rings. The molecule has 3 rings (SSSR count). The van der Waals surface area contributed by atoms with E-state index in [1.54, 1.807) is 26.2 Å². The summed E-state index contributed by atoms with van der Waals surface area (Å²) in [4.78, 5) is 24.3. The van der Waals surface area contributed by atoms with Gasteiger partial charge in [-0.3, -0.25) is 19.5 Å². The van der Waals surface area contributed by atoms with Crippen LogP contribution < -0.4 is 0 Å². The van der Waals surface area contributed by atoms with Gasteiger partial charge in [0, 0.05) is 37.5 Å². The van der Waals surface area contributed by atoms with Crippen LogP contribution in [0.25, 0.3) is 17.1 Å². The molecule has 0 aliphatic heterocycles. The molecule has 1 heterocycles. The van der Waals surface area contributed by atoms with Crippen LogP contribution in [0.2, 0.25) is 0 Å². The lowest BCUT2D eigenvalue weighted by atomic mass is 10.2. The Labute approximate surface area is 166 Å². The van der Waals surface area contributed by atoms with Gasteiger partial charge in [-0.25, -0.2) is 0 Å². The lowest BCUT2D eigenvalue weighted by molar-refractivity contribution is -0.384. The van der Waals surface area contributed by atoms with Crippen molar-refractivity contribution in [2.24, 2.45) is 0 Å². The van der Waals surface area contributed by atoms with E-state index in [0.717, 1.165) is 5.69 Å². The van der Waals surface area contributed by atoms with Crippen LogP contribution in [-0.2, 0) is 4.79 Å². The molecular weight excluding hydrogens is 378 g/mol. The molecule has 2 aromatic carbocycles. The number of hydrogen-bond donors (Lipinski definition) is 0. The number of carbonyl (C=O) groups excluding carboxylic acids is 1. The predicted octanol–water partition coefficient (Wildman–Crippen LogP) is 3.41. The number of aromatic nitrogens is 3. The molecule has 28 heavy (non-hydrogen) atoms. The van der Waals surface area contributed by atoms with E-state index in [1.165, 1.54) is 28.8 Å². The van der Waals surface area contributed by atoms with Crippen molar-refractivity contribution in [1.82, 2.24) is 19.7 Å². The summed E-state index contributed by atoms with van der Waals surface area (Å²) in [7, 11) is 3.42. The first-order valence-corrected chi connectivity index (χ1v) is 9.40. The molecule has 0 N–H and O–H groups in total. The van der Waals surface area contributed by atoms with E-state index < -0.39 is 4.92 Å². The molecule has 0 saturated carbocycles. The van der Waals surface area contributed by atoms with Crippen LogP contribution in [-0.4, -0.2) is 49.8 Å². The average Bonchev–Trinajstić information content (AvgIpc) is 3.11. The van der Waals surface area contributed by atoms with Gasteiger partial charge in [-0.1, -0.05) is 30.0 Å². The third-order valence-electron chi connectivity index (χ3n) is 4.05. The van der Waals surface area contributed by atoms with Gasteiger partial charge in [0.05, 0.1) is 10.2 Å². The highest BCUT2D eigenvalue weighted by Crippen LogP contribution is 2.31. The van der Waals surface area contributed by atoms with Crippen molar-refractivity contribution >= 4 is 23.4 Å². The van der Waals surface area contributed by atoms with Gasteiger partial charge in [0.2, 0.25) is 5.91 Å². The van der Waals surface area contributed by atoms with Crippen LogP contribution in [0.3, 0.4) is 0 Å². The van der Waals surface area contributed by atoms with E-state index >= 15 is 0 Å². The number of nitro groups is 1. The molecule has 144 valence electrons. The molecule has 1 unspecified atom stereocenters. The minimum absolute atomic E-state index is 0.00864. The number of rotatable bonds is 6. The number of amides is 1. The topological polar surface area (TPSA) is 94.2 Å². The minimum atomic E-state index is -0.443. The van der Waals surface area contributed by atoms with Crippen LogP contribution in [0.15, 0.2) is 59.8 Å². The first-order chi connectivity index (χ1) is 13.4. The third kappa shape index (κ3) is 4.04. The Hall–Kier alpha value is -3.20. The second-order valence-corrected chi connectivity index (χ2v) is 7.58. The molecular formula is C19H19N5O3S. The van der Waals surface area contributed by atoms with E-state index in [9.17, 15) is 14.9 Å². The maximum absolute atomic E-state index is 12.3. The van der Waals surface area contributed by atoms with Crippen LogP contribution in [0.4, 0.5) is 5.69 Å². The number of thioether (sulfide) groups is 1. The van der Waals surface area contributed by atoms with Crippen molar-refractivity contribution in [1.29, 1.82) is 0 Å². The van der Waals surface area contributed by atoms with Crippen molar-refractivity contribution in [2.45, 2.75) is 17.3 Å². The molecule has 0 saturated heterocycles. The Bertz CT molecular complexity index is 987. The van der Waals surface area contributed by atoms with E-state index in [0.29, 0.717) is 16.5 Å². The van der Waals surface area contributed by atoms with Gasteiger partial charge in [0.1, 0.15) is 0 Å². The first kappa shape index (κ1) is 19.6. The monoisotopic (exact) mass is 397 g/mol. The zero-order valence-corrected chi connectivity index (χ0v) is 16.5. The molecule has 8 nitrogen and oxygen atoms in total. The molecule has 0 radical (unpaired) electrons. The summed E-state index contributed by atoms with van der Waals surface area (Å²) in [6, 6.07) is 15.7. The van der Waals surface area contributed by atoms with E-state index in [2.05, 4.69) is 10.2 Å². The number of benzene rings is 2. The maximum Gasteiger partial charge on any atom is 0.269 e. The van der Waals surface area contributed by atoms with Crippen molar-refractivity contribution in [2.75, 3.05) is 14.1 Å². The average molecular weight is 397 g/mol. The van der Waals surface area contributed by atoms with Gasteiger partial charge in [0.15, 0.2) is 11.0 Å². The van der Waals surface area contributed by atoms with Gasteiger partial charge >= 0.3 is 0 Å². The molecule has 0 bridgehead atoms. The number of hydrogen-bond acceptors (Lipinski definition) is 6. The molecule has 0 fully saturated rings. The Morgan fingerprint density at radius 2 is 1.75 bits per heavy atom. The summed E-state index contributed by atoms with van der Waals surface area (Å²) in [5.74, 6) is 0.526. The maximum atomic E-state index is 12.3. The summed E-state index contributed by atoms with van der Waals surface area (Å²) in [5, 5.41) is 19.7. The summed E-state index contributed by atoms with van der Waals surface area (Å²) < 4.78 is 1.85. The standard InChI is InChI=1S/C19H19N5O3S/c1-13(18(25)22(2)3)28-19-21-20-17(23(19)15-7-5-4-6-8-15)14-9-11-16(12-10-14)24(26)27/h4-13H,1-3H3.